The minimum atomic E-state index is -0.128. The number of hydrogen-bond acceptors (Lipinski definition) is 5. The van der Waals surface area contributed by atoms with Crippen molar-refractivity contribution in [2.75, 3.05) is 27.4 Å². The maximum atomic E-state index is 12.6. The number of carbonyl (C=O) groups excluding carboxylic acids is 1. The van der Waals surface area contributed by atoms with Crippen molar-refractivity contribution in [2.24, 2.45) is 0 Å². The Kier molecular flexibility index (Phi) is 9.40. The zero-order valence-corrected chi connectivity index (χ0v) is 22.1. The summed E-state index contributed by atoms with van der Waals surface area (Å²) in [5.74, 6) is 2.98. The first-order valence-corrected chi connectivity index (χ1v) is 12.9. The number of methoxy groups -OCH3 is 2. The molecule has 38 heavy (non-hydrogen) atoms. The molecule has 1 aromatic heterocycles. The molecule has 0 aliphatic heterocycles. The monoisotopic (exact) mass is 513 g/mol. The van der Waals surface area contributed by atoms with Gasteiger partial charge in [-0.2, -0.15) is 0 Å². The molecule has 0 saturated heterocycles. The van der Waals surface area contributed by atoms with Gasteiger partial charge in [-0.3, -0.25) is 4.79 Å². The van der Waals surface area contributed by atoms with Crippen LogP contribution in [0.1, 0.15) is 34.6 Å². The van der Waals surface area contributed by atoms with Crippen LogP contribution < -0.4 is 19.5 Å². The molecule has 198 valence electrons. The van der Waals surface area contributed by atoms with Gasteiger partial charge >= 0.3 is 0 Å². The van der Waals surface area contributed by atoms with Crippen molar-refractivity contribution >= 4 is 16.9 Å². The van der Waals surface area contributed by atoms with Crippen molar-refractivity contribution in [3.8, 4) is 17.2 Å². The van der Waals surface area contributed by atoms with Crippen molar-refractivity contribution < 1.29 is 19.0 Å². The number of unbranched alkanes of at least 4 members (excludes halogenated alkanes) is 1. The van der Waals surface area contributed by atoms with Gasteiger partial charge in [-0.05, 0) is 67.3 Å². The third-order valence-corrected chi connectivity index (χ3v) is 6.34. The van der Waals surface area contributed by atoms with Crippen LogP contribution in [0.25, 0.3) is 11.0 Å². The average molecular weight is 514 g/mol. The SMILES string of the molecule is C=CCc1ccc(OCCCCn2c(CCNC(=O)c3cccc(OC)c3)nc3ccccc32)c(OC)c1. The molecule has 0 radical (unpaired) electrons. The van der Waals surface area contributed by atoms with E-state index in [0.717, 1.165) is 59.7 Å². The second-order valence-electron chi connectivity index (χ2n) is 8.94. The predicted molar refractivity (Wildman–Crippen MR) is 150 cm³/mol. The number of ether oxygens (including phenoxy) is 3. The number of imidazole rings is 1. The van der Waals surface area contributed by atoms with Gasteiger partial charge in [0.25, 0.3) is 5.91 Å². The normalized spacial score (nSPS) is 10.8. The van der Waals surface area contributed by atoms with E-state index < -0.39 is 0 Å². The maximum absolute atomic E-state index is 12.6. The summed E-state index contributed by atoms with van der Waals surface area (Å²) in [6, 6.07) is 21.3. The number of carbonyl (C=O) groups is 1. The highest BCUT2D eigenvalue weighted by Gasteiger charge is 2.12. The van der Waals surface area contributed by atoms with E-state index in [-0.39, 0.29) is 5.91 Å². The Morgan fingerprint density at radius 2 is 1.87 bits per heavy atom. The molecule has 0 saturated carbocycles. The lowest BCUT2D eigenvalue weighted by molar-refractivity contribution is 0.0953. The van der Waals surface area contributed by atoms with Gasteiger partial charge in [0.2, 0.25) is 0 Å². The molecule has 0 atom stereocenters. The molecule has 4 rings (SSSR count). The molecule has 1 amide bonds. The molecule has 7 nitrogen and oxygen atoms in total. The second kappa shape index (κ2) is 13.3. The number of benzene rings is 3. The fourth-order valence-corrected chi connectivity index (χ4v) is 4.40. The summed E-state index contributed by atoms with van der Waals surface area (Å²) in [7, 11) is 3.25. The van der Waals surface area contributed by atoms with Crippen LogP contribution in [0.5, 0.6) is 17.2 Å². The van der Waals surface area contributed by atoms with E-state index in [4.69, 9.17) is 19.2 Å². The molecule has 0 fully saturated rings. The van der Waals surface area contributed by atoms with Gasteiger partial charge in [-0.25, -0.2) is 4.98 Å². The van der Waals surface area contributed by atoms with Crippen LogP contribution in [-0.2, 0) is 19.4 Å². The topological polar surface area (TPSA) is 74.6 Å². The van der Waals surface area contributed by atoms with E-state index in [1.54, 1.807) is 26.4 Å². The summed E-state index contributed by atoms with van der Waals surface area (Å²) in [4.78, 5) is 17.4. The predicted octanol–water partition coefficient (Wildman–Crippen LogP) is 5.61. The number of aryl methyl sites for hydroxylation is 1. The van der Waals surface area contributed by atoms with E-state index >= 15 is 0 Å². The number of aromatic nitrogens is 2. The molecule has 0 aliphatic rings. The standard InChI is InChI=1S/C31H35N3O4/c1-4-10-23-15-16-28(29(21-23)37-3)38-20-8-7-19-34-27-14-6-5-13-26(27)33-30(34)17-18-32-31(35)24-11-9-12-25(22-24)36-2/h4-6,9,11-16,21-22H,1,7-8,10,17-20H2,2-3H3,(H,32,35). The molecule has 4 aromatic rings. The Balaban J connectivity index is 1.33. The van der Waals surface area contributed by atoms with Crippen LogP contribution in [0.4, 0.5) is 0 Å². The number of allylic oxidation sites excluding steroid dienone is 1. The first-order valence-electron chi connectivity index (χ1n) is 12.9. The summed E-state index contributed by atoms with van der Waals surface area (Å²) < 4.78 is 19.0. The van der Waals surface area contributed by atoms with E-state index in [1.165, 1.54) is 0 Å². The number of rotatable bonds is 14. The number of fused-ring (bicyclic) bond motifs is 1. The lowest BCUT2D eigenvalue weighted by Gasteiger charge is -2.13. The summed E-state index contributed by atoms with van der Waals surface area (Å²) in [6.07, 6.45) is 5.12. The third-order valence-electron chi connectivity index (χ3n) is 6.34. The Labute approximate surface area is 224 Å². The molecule has 0 bridgehead atoms. The fraction of sp³-hybridized carbons (Fsp3) is 0.290. The van der Waals surface area contributed by atoms with Gasteiger partial charge < -0.3 is 24.1 Å². The molecule has 3 aromatic carbocycles. The minimum absolute atomic E-state index is 0.128. The zero-order valence-electron chi connectivity index (χ0n) is 22.1. The number of nitrogens with one attached hydrogen (secondary N) is 1. The number of para-hydroxylation sites is 2. The number of hydrogen-bond donors (Lipinski definition) is 1. The van der Waals surface area contributed by atoms with Crippen molar-refractivity contribution in [2.45, 2.75) is 32.2 Å². The maximum Gasteiger partial charge on any atom is 0.251 e. The summed E-state index contributed by atoms with van der Waals surface area (Å²) in [5, 5.41) is 3.00. The Morgan fingerprint density at radius 3 is 2.68 bits per heavy atom. The van der Waals surface area contributed by atoms with Gasteiger partial charge in [-0.15, -0.1) is 6.58 Å². The van der Waals surface area contributed by atoms with Crippen molar-refractivity contribution in [1.82, 2.24) is 14.9 Å². The lowest BCUT2D eigenvalue weighted by atomic mass is 10.1. The van der Waals surface area contributed by atoms with E-state index in [0.29, 0.717) is 30.9 Å². The molecule has 0 unspecified atom stereocenters. The first-order chi connectivity index (χ1) is 18.6. The van der Waals surface area contributed by atoms with E-state index in [2.05, 4.69) is 22.5 Å². The third kappa shape index (κ3) is 6.73. The Bertz CT molecular complexity index is 1380. The smallest absolute Gasteiger partial charge is 0.251 e. The van der Waals surface area contributed by atoms with Crippen LogP contribution in [0, 0.1) is 0 Å². The van der Waals surface area contributed by atoms with Gasteiger partial charge in [0.1, 0.15) is 11.6 Å². The van der Waals surface area contributed by atoms with Crippen molar-refractivity contribution in [3.05, 3.63) is 96.3 Å². The van der Waals surface area contributed by atoms with Crippen molar-refractivity contribution in [1.29, 1.82) is 0 Å². The van der Waals surface area contributed by atoms with Crippen molar-refractivity contribution in [3.63, 3.8) is 0 Å². The molecule has 0 aliphatic carbocycles. The van der Waals surface area contributed by atoms with Gasteiger partial charge in [0.15, 0.2) is 11.5 Å². The van der Waals surface area contributed by atoms with Crippen LogP contribution in [0.2, 0.25) is 0 Å². The molecule has 1 N–H and O–H groups in total. The van der Waals surface area contributed by atoms with Gasteiger partial charge in [0, 0.05) is 25.1 Å². The molecule has 1 heterocycles. The van der Waals surface area contributed by atoms with Gasteiger partial charge in [-0.1, -0.05) is 30.3 Å². The molecular weight excluding hydrogens is 478 g/mol. The summed E-state index contributed by atoms with van der Waals surface area (Å²) >= 11 is 0. The van der Waals surface area contributed by atoms with Gasteiger partial charge in [0.05, 0.1) is 31.9 Å². The highest BCUT2D eigenvalue weighted by atomic mass is 16.5. The average Bonchev–Trinajstić information content (AvgIpc) is 3.30. The first kappa shape index (κ1) is 26.8. The molecule has 0 spiro atoms. The number of nitrogens with zero attached hydrogens (tertiary/aromatic N) is 2. The quantitative estimate of drug-likeness (QED) is 0.175. The molecule has 7 heteroatoms. The van der Waals surface area contributed by atoms with E-state index in [1.807, 2.05) is 54.6 Å². The van der Waals surface area contributed by atoms with Crippen LogP contribution in [-0.4, -0.2) is 42.8 Å². The molecular formula is C31H35N3O4. The summed E-state index contributed by atoms with van der Waals surface area (Å²) in [6.45, 7) is 5.69. The fourth-order valence-electron chi connectivity index (χ4n) is 4.40. The Morgan fingerprint density at radius 1 is 1.00 bits per heavy atom. The highest BCUT2D eigenvalue weighted by Crippen LogP contribution is 2.28. The van der Waals surface area contributed by atoms with Crippen LogP contribution in [0.3, 0.4) is 0 Å². The highest BCUT2D eigenvalue weighted by molar-refractivity contribution is 5.94. The largest absolute Gasteiger partial charge is 0.497 e. The lowest BCUT2D eigenvalue weighted by Crippen LogP contribution is -2.26. The van der Waals surface area contributed by atoms with E-state index in [9.17, 15) is 4.79 Å². The van der Waals surface area contributed by atoms with Crippen LogP contribution >= 0.6 is 0 Å². The minimum Gasteiger partial charge on any atom is -0.497 e. The zero-order chi connectivity index (χ0) is 26.7. The summed E-state index contributed by atoms with van der Waals surface area (Å²) in [5.41, 5.74) is 3.78. The van der Waals surface area contributed by atoms with Crippen LogP contribution in [0.15, 0.2) is 79.4 Å². The Hall–Kier alpha value is -4.26. The number of amides is 1. The second-order valence-corrected chi connectivity index (χ2v) is 8.94.